The number of hydrazine groups is 1. The number of aliphatic imine (C=N–C) groups is 1. The molecule has 0 amide bonds. The molecule has 0 radical (unpaired) electrons. The fourth-order valence-corrected chi connectivity index (χ4v) is 0.253. The number of hydrogen-bond donors (Lipinski definition) is 5. The van der Waals surface area contributed by atoms with Crippen molar-refractivity contribution in [3.63, 3.8) is 0 Å². The number of aliphatic hydroxyl groups excluding tert-OH is 1. The minimum absolute atomic E-state index is 0.270. The van der Waals surface area contributed by atoms with E-state index in [1.807, 2.05) is 0 Å². The number of nitrogens with two attached hydrogens (primary N) is 3. The largest absolute Gasteiger partial charge is 0.375 e. The monoisotopic (exact) mass is 146 g/mol. The van der Waals surface area contributed by atoms with Crippen LogP contribution in [0.15, 0.2) is 4.99 Å². The third-order valence-corrected chi connectivity index (χ3v) is 0.659. The van der Waals surface area contributed by atoms with Crippen molar-refractivity contribution in [2.24, 2.45) is 22.3 Å². The first-order chi connectivity index (χ1) is 4.57. The van der Waals surface area contributed by atoms with Gasteiger partial charge in [-0.3, -0.25) is 10.4 Å². The van der Waals surface area contributed by atoms with Crippen molar-refractivity contribution in [1.82, 2.24) is 5.01 Å². The molecule has 0 fully saturated rings. The minimum Gasteiger partial charge on any atom is -0.375 e. The number of nitrogens with zero attached hydrogens (tertiary/aromatic N) is 2. The number of guanidine groups is 2. The smallest absolute Gasteiger partial charge is 0.237 e. The van der Waals surface area contributed by atoms with Gasteiger partial charge in [0.1, 0.15) is 6.73 Å². The Morgan fingerprint density at radius 1 is 1.60 bits per heavy atom. The third kappa shape index (κ3) is 2.84. The number of rotatable bonds is 1. The van der Waals surface area contributed by atoms with Crippen LogP contribution in [0.4, 0.5) is 0 Å². The molecule has 7 heteroatoms. The van der Waals surface area contributed by atoms with Gasteiger partial charge in [-0.2, -0.15) is 4.99 Å². The Bertz CT molecular complexity index is 149. The molecule has 0 atom stereocenters. The van der Waals surface area contributed by atoms with Gasteiger partial charge in [0.2, 0.25) is 5.96 Å². The van der Waals surface area contributed by atoms with Crippen LogP contribution >= 0.6 is 0 Å². The summed E-state index contributed by atoms with van der Waals surface area (Å²) in [6, 6.07) is 0. The standard InChI is InChI=1S/C3H10N6O/c4-2(5)8-3(6)9(7)1-10/h10H,1,7H2,(H5,4,5,6,8). The first-order valence-electron chi connectivity index (χ1n) is 2.39. The second kappa shape index (κ2) is 3.64. The normalized spacial score (nSPS) is 8.60. The minimum atomic E-state index is -0.504. The van der Waals surface area contributed by atoms with E-state index in [0.717, 1.165) is 0 Å². The van der Waals surface area contributed by atoms with Crippen molar-refractivity contribution < 1.29 is 5.11 Å². The zero-order valence-corrected chi connectivity index (χ0v) is 5.28. The van der Waals surface area contributed by atoms with Crippen LogP contribution in [0, 0.1) is 5.41 Å². The van der Waals surface area contributed by atoms with Crippen LogP contribution < -0.4 is 17.3 Å². The first-order valence-corrected chi connectivity index (χ1v) is 2.39. The Morgan fingerprint density at radius 2 is 2.10 bits per heavy atom. The Balaban J connectivity index is 3.97. The molecule has 7 nitrogen and oxygen atoms in total. The Hall–Kier alpha value is -1.34. The lowest BCUT2D eigenvalue weighted by Gasteiger charge is -2.10. The predicted octanol–water partition coefficient (Wildman–Crippen LogP) is -2.68. The average Bonchev–Trinajstić information content (AvgIpc) is 1.85. The summed E-state index contributed by atoms with van der Waals surface area (Å²) in [5.74, 6) is 4.35. The van der Waals surface area contributed by atoms with Gasteiger partial charge in [0.15, 0.2) is 5.96 Å². The molecule has 0 spiro atoms. The number of aliphatic hydroxyl groups is 1. The zero-order chi connectivity index (χ0) is 8.15. The fourth-order valence-electron chi connectivity index (χ4n) is 0.253. The quantitative estimate of drug-likeness (QED) is 0.0902. The molecular weight excluding hydrogens is 136 g/mol. The average molecular weight is 146 g/mol. The lowest BCUT2D eigenvalue weighted by Crippen LogP contribution is -2.38. The highest BCUT2D eigenvalue weighted by atomic mass is 16.3. The van der Waals surface area contributed by atoms with E-state index >= 15 is 0 Å². The van der Waals surface area contributed by atoms with Crippen molar-refractivity contribution in [3.8, 4) is 0 Å². The second-order valence-corrected chi connectivity index (χ2v) is 1.47. The molecule has 0 heterocycles. The highest BCUT2D eigenvalue weighted by molar-refractivity contribution is 5.91. The molecule has 0 saturated carbocycles. The van der Waals surface area contributed by atoms with Gasteiger partial charge in [0.05, 0.1) is 0 Å². The van der Waals surface area contributed by atoms with Gasteiger partial charge in [0, 0.05) is 0 Å². The topological polar surface area (TPSA) is 138 Å². The van der Waals surface area contributed by atoms with Crippen molar-refractivity contribution in [3.05, 3.63) is 0 Å². The van der Waals surface area contributed by atoms with E-state index in [9.17, 15) is 0 Å². The highest BCUT2D eigenvalue weighted by Gasteiger charge is 1.99. The van der Waals surface area contributed by atoms with E-state index in [-0.39, 0.29) is 11.9 Å². The van der Waals surface area contributed by atoms with Gasteiger partial charge in [-0.25, -0.2) is 5.84 Å². The predicted molar refractivity (Wildman–Crippen MR) is 36.6 cm³/mol. The molecule has 10 heavy (non-hydrogen) atoms. The van der Waals surface area contributed by atoms with E-state index in [1.165, 1.54) is 0 Å². The highest BCUT2D eigenvalue weighted by Crippen LogP contribution is 1.78. The Labute approximate surface area is 57.6 Å². The van der Waals surface area contributed by atoms with Crippen molar-refractivity contribution in [1.29, 1.82) is 5.41 Å². The van der Waals surface area contributed by atoms with E-state index in [1.54, 1.807) is 0 Å². The molecule has 0 saturated heterocycles. The number of hydrogen-bond acceptors (Lipinski definition) is 3. The van der Waals surface area contributed by atoms with Gasteiger partial charge in [-0.15, -0.1) is 0 Å². The van der Waals surface area contributed by atoms with Gasteiger partial charge in [0.25, 0.3) is 0 Å². The molecule has 0 aliphatic rings. The van der Waals surface area contributed by atoms with Crippen molar-refractivity contribution in [2.75, 3.05) is 6.73 Å². The summed E-state index contributed by atoms with van der Waals surface area (Å²) >= 11 is 0. The first kappa shape index (κ1) is 8.66. The molecule has 0 aliphatic heterocycles. The van der Waals surface area contributed by atoms with Crippen LogP contribution in [0.2, 0.25) is 0 Å². The summed E-state index contributed by atoms with van der Waals surface area (Å²) in [5.41, 5.74) is 9.82. The van der Waals surface area contributed by atoms with Gasteiger partial charge >= 0.3 is 0 Å². The van der Waals surface area contributed by atoms with Crippen LogP contribution in [0.3, 0.4) is 0 Å². The SMILES string of the molecule is N=C(N=C(N)N)N(N)CO. The molecule has 8 N–H and O–H groups in total. The number of nitrogens with one attached hydrogen (secondary N) is 1. The summed E-state index contributed by atoms with van der Waals surface area (Å²) in [6.45, 7) is -0.504. The molecule has 58 valence electrons. The van der Waals surface area contributed by atoms with E-state index in [2.05, 4.69) is 4.99 Å². The van der Waals surface area contributed by atoms with E-state index in [4.69, 9.17) is 27.8 Å². The molecule has 0 aromatic heterocycles. The van der Waals surface area contributed by atoms with E-state index < -0.39 is 6.73 Å². The molecular formula is C3H10N6O. The lowest BCUT2D eigenvalue weighted by molar-refractivity contribution is 0.170. The molecule has 0 unspecified atom stereocenters. The van der Waals surface area contributed by atoms with Gasteiger partial charge < -0.3 is 16.6 Å². The van der Waals surface area contributed by atoms with E-state index in [0.29, 0.717) is 5.01 Å². The maximum atomic E-state index is 8.33. The summed E-state index contributed by atoms with van der Waals surface area (Å²) in [5, 5.41) is 15.9. The third-order valence-electron chi connectivity index (χ3n) is 0.659. The molecule has 0 rings (SSSR count). The lowest BCUT2D eigenvalue weighted by atomic mass is 10.8. The zero-order valence-electron chi connectivity index (χ0n) is 5.28. The fraction of sp³-hybridized carbons (Fsp3) is 0.333. The maximum absolute atomic E-state index is 8.33. The molecule has 0 aromatic rings. The van der Waals surface area contributed by atoms with Crippen LogP contribution in [0.25, 0.3) is 0 Å². The Morgan fingerprint density at radius 3 is 2.40 bits per heavy atom. The van der Waals surface area contributed by atoms with Crippen molar-refractivity contribution in [2.45, 2.75) is 0 Å². The second-order valence-electron chi connectivity index (χ2n) is 1.47. The van der Waals surface area contributed by atoms with Gasteiger partial charge in [-0.05, 0) is 0 Å². The van der Waals surface area contributed by atoms with Gasteiger partial charge in [-0.1, -0.05) is 0 Å². The molecule has 0 aliphatic carbocycles. The van der Waals surface area contributed by atoms with Crippen LogP contribution in [0.1, 0.15) is 0 Å². The summed E-state index contributed by atoms with van der Waals surface area (Å²) < 4.78 is 0. The summed E-state index contributed by atoms with van der Waals surface area (Å²) in [4.78, 5) is 3.24. The molecule has 0 bridgehead atoms. The van der Waals surface area contributed by atoms with Crippen LogP contribution in [-0.2, 0) is 0 Å². The molecule has 0 aromatic carbocycles. The summed E-state index contributed by atoms with van der Waals surface area (Å²) in [7, 11) is 0. The summed E-state index contributed by atoms with van der Waals surface area (Å²) in [6.07, 6.45) is 0. The maximum Gasteiger partial charge on any atom is 0.237 e. The Kier molecular flexibility index (Phi) is 3.15. The van der Waals surface area contributed by atoms with Crippen molar-refractivity contribution >= 4 is 11.9 Å². The van der Waals surface area contributed by atoms with Crippen LogP contribution in [-0.4, -0.2) is 28.8 Å². The van der Waals surface area contributed by atoms with Crippen LogP contribution in [0.5, 0.6) is 0 Å².